The Balaban J connectivity index is 2.59. The molecule has 2 rings (SSSR count). The maximum absolute atomic E-state index is 12.7. The minimum absolute atomic E-state index is 0.0726. The minimum Gasteiger partial charge on any atom is -0.477 e. The number of hydrogen-bond donors (Lipinski definition) is 2. The van der Waals surface area contributed by atoms with Gasteiger partial charge in [-0.1, -0.05) is 11.3 Å². The fourth-order valence-corrected chi connectivity index (χ4v) is 2.00. The molecule has 1 aromatic carbocycles. The highest BCUT2D eigenvalue weighted by Crippen LogP contribution is 2.23. The highest BCUT2D eigenvalue weighted by atomic mass is 32.1. The topological polar surface area (TPSA) is 70.2 Å². The number of aromatic nitrogens is 1. The Morgan fingerprint density at radius 2 is 1.94 bits per heavy atom. The molecular formula is C10H6FNO3S. The normalized spacial score (nSPS) is 10.3. The predicted molar refractivity (Wildman–Crippen MR) is 57.3 cm³/mol. The van der Waals surface area contributed by atoms with E-state index in [9.17, 15) is 14.0 Å². The summed E-state index contributed by atoms with van der Waals surface area (Å²) in [4.78, 5) is 23.8. The monoisotopic (exact) mass is 239 g/mol. The summed E-state index contributed by atoms with van der Waals surface area (Å²) in [6.07, 6.45) is 0. The fourth-order valence-electron chi connectivity index (χ4n) is 1.30. The first kappa shape index (κ1) is 10.6. The zero-order chi connectivity index (χ0) is 11.7. The molecule has 0 aliphatic carbocycles. The van der Waals surface area contributed by atoms with Crippen LogP contribution in [0, 0.1) is 5.82 Å². The van der Waals surface area contributed by atoms with Gasteiger partial charge in [0, 0.05) is 0 Å². The van der Waals surface area contributed by atoms with E-state index in [0.29, 0.717) is 16.9 Å². The molecule has 0 radical (unpaired) electrons. The van der Waals surface area contributed by atoms with Gasteiger partial charge in [-0.05, 0) is 29.8 Å². The molecule has 0 saturated carbocycles. The molecule has 0 bridgehead atoms. The van der Waals surface area contributed by atoms with Crippen LogP contribution < -0.4 is 4.87 Å². The second-order valence-electron chi connectivity index (χ2n) is 3.03. The average molecular weight is 239 g/mol. The van der Waals surface area contributed by atoms with Crippen molar-refractivity contribution in [2.24, 2.45) is 0 Å². The number of rotatable bonds is 2. The molecule has 0 amide bonds. The Morgan fingerprint density at radius 3 is 2.50 bits per heavy atom. The Labute approximate surface area is 93.0 Å². The van der Waals surface area contributed by atoms with Crippen LogP contribution in [0.25, 0.3) is 11.3 Å². The lowest BCUT2D eigenvalue weighted by atomic mass is 10.1. The third kappa shape index (κ3) is 1.87. The second-order valence-corrected chi connectivity index (χ2v) is 4.01. The highest BCUT2D eigenvalue weighted by molar-refractivity contribution is 7.11. The Hall–Kier alpha value is -1.95. The molecule has 1 aromatic heterocycles. The van der Waals surface area contributed by atoms with E-state index in [0.717, 1.165) is 0 Å². The van der Waals surface area contributed by atoms with Crippen molar-refractivity contribution in [3.63, 3.8) is 0 Å². The summed E-state index contributed by atoms with van der Waals surface area (Å²) in [6, 6.07) is 5.24. The van der Waals surface area contributed by atoms with Crippen molar-refractivity contribution in [2.75, 3.05) is 0 Å². The molecule has 1 heterocycles. The summed E-state index contributed by atoms with van der Waals surface area (Å²) in [5, 5.41) is 8.87. The van der Waals surface area contributed by atoms with Crippen LogP contribution in [0.3, 0.4) is 0 Å². The number of aromatic amines is 1. The quantitative estimate of drug-likeness (QED) is 0.841. The molecule has 82 valence electrons. The van der Waals surface area contributed by atoms with E-state index in [1.807, 2.05) is 0 Å². The number of halogens is 1. The molecular weight excluding hydrogens is 233 g/mol. The third-order valence-electron chi connectivity index (χ3n) is 1.98. The average Bonchev–Trinajstić information content (AvgIpc) is 2.61. The van der Waals surface area contributed by atoms with Gasteiger partial charge in [0.1, 0.15) is 10.7 Å². The van der Waals surface area contributed by atoms with E-state index in [1.54, 1.807) is 0 Å². The number of hydrogen-bond acceptors (Lipinski definition) is 3. The van der Waals surface area contributed by atoms with Crippen molar-refractivity contribution in [3.8, 4) is 11.3 Å². The largest absolute Gasteiger partial charge is 0.477 e. The Kier molecular flexibility index (Phi) is 2.57. The van der Waals surface area contributed by atoms with Crippen molar-refractivity contribution in [1.29, 1.82) is 0 Å². The SMILES string of the molecule is O=C(O)c1sc(=O)[nH]c1-c1ccc(F)cc1. The van der Waals surface area contributed by atoms with E-state index >= 15 is 0 Å². The summed E-state index contributed by atoms with van der Waals surface area (Å²) in [5.41, 5.74) is 0.680. The smallest absolute Gasteiger partial charge is 0.348 e. The number of carboxylic acids is 1. The van der Waals surface area contributed by atoms with Gasteiger partial charge in [0.15, 0.2) is 0 Å². The number of carboxylic acid groups (broad SMARTS) is 1. The minimum atomic E-state index is -1.18. The maximum atomic E-state index is 12.7. The van der Waals surface area contributed by atoms with Gasteiger partial charge in [0.2, 0.25) is 0 Å². The van der Waals surface area contributed by atoms with Gasteiger partial charge < -0.3 is 10.1 Å². The van der Waals surface area contributed by atoms with Gasteiger partial charge in [-0.15, -0.1) is 0 Å². The zero-order valence-electron chi connectivity index (χ0n) is 7.86. The van der Waals surface area contributed by atoms with Crippen molar-refractivity contribution in [1.82, 2.24) is 4.98 Å². The van der Waals surface area contributed by atoms with Crippen molar-refractivity contribution in [2.45, 2.75) is 0 Å². The van der Waals surface area contributed by atoms with E-state index in [4.69, 9.17) is 5.11 Å². The molecule has 0 atom stereocenters. The molecule has 0 aliphatic rings. The number of H-pyrrole nitrogens is 1. The Morgan fingerprint density at radius 1 is 1.31 bits per heavy atom. The first-order valence-electron chi connectivity index (χ1n) is 4.30. The number of benzene rings is 1. The third-order valence-corrected chi connectivity index (χ3v) is 2.85. The van der Waals surface area contributed by atoms with Crippen LogP contribution in [0.5, 0.6) is 0 Å². The zero-order valence-corrected chi connectivity index (χ0v) is 8.68. The molecule has 16 heavy (non-hydrogen) atoms. The lowest BCUT2D eigenvalue weighted by Gasteiger charge is -1.98. The molecule has 0 spiro atoms. The first-order chi connectivity index (χ1) is 7.58. The molecule has 4 nitrogen and oxygen atoms in total. The Bertz CT molecular complexity index is 585. The lowest BCUT2D eigenvalue weighted by molar-refractivity contribution is 0.0702. The standard InChI is InChI=1S/C10H6FNO3S/c11-6-3-1-5(2-4-6)7-8(9(13)14)16-10(15)12-7/h1-4H,(H,12,15)(H,13,14). The number of thiazole rings is 1. The number of carbonyl (C=O) groups is 1. The molecule has 6 heteroatoms. The van der Waals surface area contributed by atoms with E-state index < -0.39 is 16.7 Å². The van der Waals surface area contributed by atoms with Gasteiger partial charge in [-0.25, -0.2) is 9.18 Å². The van der Waals surface area contributed by atoms with Crippen LogP contribution in [0.15, 0.2) is 29.1 Å². The second kappa shape index (κ2) is 3.90. The van der Waals surface area contributed by atoms with Crippen LogP contribution in [0.2, 0.25) is 0 Å². The highest BCUT2D eigenvalue weighted by Gasteiger charge is 2.16. The van der Waals surface area contributed by atoms with E-state index in [1.165, 1.54) is 24.3 Å². The number of nitrogens with one attached hydrogen (secondary N) is 1. The molecule has 0 unspecified atom stereocenters. The van der Waals surface area contributed by atoms with Gasteiger partial charge in [0.05, 0.1) is 5.69 Å². The molecule has 0 saturated heterocycles. The van der Waals surface area contributed by atoms with Crippen LogP contribution in [0.1, 0.15) is 9.67 Å². The van der Waals surface area contributed by atoms with Gasteiger partial charge in [-0.3, -0.25) is 4.79 Å². The summed E-state index contributed by atoms with van der Waals surface area (Å²) in [6.45, 7) is 0. The summed E-state index contributed by atoms with van der Waals surface area (Å²) >= 11 is 0.617. The lowest BCUT2D eigenvalue weighted by Crippen LogP contribution is -1.95. The van der Waals surface area contributed by atoms with Gasteiger partial charge in [0.25, 0.3) is 0 Å². The molecule has 2 N–H and O–H groups in total. The van der Waals surface area contributed by atoms with Crippen molar-refractivity contribution in [3.05, 3.63) is 44.6 Å². The van der Waals surface area contributed by atoms with Crippen LogP contribution in [-0.4, -0.2) is 16.1 Å². The van der Waals surface area contributed by atoms with Crippen LogP contribution in [-0.2, 0) is 0 Å². The van der Waals surface area contributed by atoms with Gasteiger partial charge >= 0.3 is 10.8 Å². The molecule has 0 aliphatic heterocycles. The van der Waals surface area contributed by atoms with Crippen LogP contribution in [0.4, 0.5) is 4.39 Å². The molecule has 2 aromatic rings. The molecule has 0 fully saturated rings. The number of aromatic carboxylic acids is 1. The fraction of sp³-hybridized carbons (Fsp3) is 0. The maximum Gasteiger partial charge on any atom is 0.348 e. The summed E-state index contributed by atoms with van der Waals surface area (Å²) in [5.74, 6) is -1.60. The van der Waals surface area contributed by atoms with Crippen LogP contribution >= 0.6 is 11.3 Å². The summed E-state index contributed by atoms with van der Waals surface area (Å²) < 4.78 is 12.7. The van der Waals surface area contributed by atoms with Gasteiger partial charge in [-0.2, -0.15) is 0 Å². The van der Waals surface area contributed by atoms with Crippen molar-refractivity contribution < 1.29 is 14.3 Å². The summed E-state index contributed by atoms with van der Waals surface area (Å²) in [7, 11) is 0. The van der Waals surface area contributed by atoms with E-state index in [2.05, 4.69) is 4.98 Å². The van der Waals surface area contributed by atoms with E-state index in [-0.39, 0.29) is 10.6 Å². The van der Waals surface area contributed by atoms with Crippen molar-refractivity contribution >= 4 is 17.3 Å². The predicted octanol–water partition coefficient (Wildman–Crippen LogP) is 1.94. The first-order valence-corrected chi connectivity index (χ1v) is 5.12.